The zero-order valence-electron chi connectivity index (χ0n) is 14.1. The number of carboxylic acids is 1. The Hall–Kier alpha value is -2.34. The summed E-state index contributed by atoms with van der Waals surface area (Å²) in [6.07, 6.45) is 6.10. The summed E-state index contributed by atoms with van der Waals surface area (Å²) in [6, 6.07) is 6.20. The predicted molar refractivity (Wildman–Crippen MR) is 90.1 cm³/mol. The van der Waals surface area contributed by atoms with Crippen LogP contribution in [0.3, 0.4) is 0 Å². The van der Waals surface area contributed by atoms with Crippen LogP contribution in [0.25, 0.3) is 0 Å². The molecule has 0 saturated carbocycles. The van der Waals surface area contributed by atoms with Gasteiger partial charge in [0, 0.05) is 37.6 Å². The zero-order chi connectivity index (χ0) is 17.2. The monoisotopic (exact) mass is 329 g/mol. The van der Waals surface area contributed by atoms with Crippen molar-refractivity contribution in [3.05, 3.63) is 48.0 Å². The Labute approximate surface area is 141 Å². The lowest BCUT2D eigenvalue weighted by Crippen LogP contribution is -2.50. The first kappa shape index (κ1) is 16.5. The SMILES string of the molecule is COc1cc(C)ccc1CN1CCC(C(=O)O)(n2ccnc2)CC1. The van der Waals surface area contributed by atoms with Gasteiger partial charge in [-0.05, 0) is 31.4 Å². The highest BCUT2D eigenvalue weighted by Crippen LogP contribution is 2.32. The number of ether oxygens (including phenoxy) is 1. The number of piperidine rings is 1. The van der Waals surface area contributed by atoms with E-state index in [0.29, 0.717) is 12.8 Å². The van der Waals surface area contributed by atoms with E-state index >= 15 is 0 Å². The highest BCUT2D eigenvalue weighted by Gasteiger charge is 2.43. The van der Waals surface area contributed by atoms with Gasteiger partial charge in [-0.15, -0.1) is 0 Å². The van der Waals surface area contributed by atoms with Gasteiger partial charge in [-0.3, -0.25) is 4.90 Å². The fourth-order valence-electron chi connectivity index (χ4n) is 3.40. The predicted octanol–water partition coefficient (Wildman–Crippen LogP) is 2.28. The molecule has 1 aromatic carbocycles. The number of nitrogens with zero attached hydrogens (tertiary/aromatic N) is 3. The van der Waals surface area contributed by atoms with Gasteiger partial charge in [0.15, 0.2) is 0 Å². The first-order valence-electron chi connectivity index (χ1n) is 8.13. The van der Waals surface area contributed by atoms with Gasteiger partial charge in [0.05, 0.1) is 13.4 Å². The number of aryl methyl sites for hydroxylation is 1. The van der Waals surface area contributed by atoms with Crippen LogP contribution in [0.4, 0.5) is 0 Å². The quantitative estimate of drug-likeness (QED) is 0.911. The number of rotatable bonds is 5. The Bertz CT molecular complexity index is 704. The van der Waals surface area contributed by atoms with E-state index in [1.54, 1.807) is 30.4 Å². The lowest BCUT2D eigenvalue weighted by molar-refractivity contribution is -0.150. The molecule has 1 fully saturated rings. The van der Waals surface area contributed by atoms with Crippen LogP contribution in [-0.2, 0) is 16.9 Å². The standard InChI is InChI=1S/C18H23N3O3/c1-14-3-4-15(16(11-14)24-2)12-20-8-5-18(6-9-20,17(22)23)21-10-7-19-13-21/h3-4,7,10-11,13H,5-6,8-9,12H2,1-2H3,(H,22,23). The van der Waals surface area contributed by atoms with Crippen molar-refractivity contribution in [3.63, 3.8) is 0 Å². The van der Waals surface area contributed by atoms with E-state index in [4.69, 9.17) is 4.74 Å². The van der Waals surface area contributed by atoms with Gasteiger partial charge in [0.25, 0.3) is 0 Å². The summed E-state index contributed by atoms with van der Waals surface area (Å²) < 4.78 is 7.21. The van der Waals surface area contributed by atoms with Crippen LogP contribution in [0.5, 0.6) is 5.75 Å². The maximum atomic E-state index is 11.9. The zero-order valence-corrected chi connectivity index (χ0v) is 14.1. The number of hydrogen-bond acceptors (Lipinski definition) is 4. The van der Waals surface area contributed by atoms with E-state index in [-0.39, 0.29) is 0 Å². The molecule has 3 rings (SSSR count). The van der Waals surface area contributed by atoms with Gasteiger partial charge in [-0.1, -0.05) is 12.1 Å². The first-order valence-corrected chi connectivity index (χ1v) is 8.13. The highest BCUT2D eigenvalue weighted by atomic mass is 16.5. The molecule has 0 unspecified atom stereocenters. The number of aromatic nitrogens is 2. The maximum absolute atomic E-state index is 11.9. The number of carboxylic acid groups (broad SMARTS) is 1. The Morgan fingerprint density at radius 3 is 2.71 bits per heavy atom. The number of hydrogen-bond donors (Lipinski definition) is 1. The van der Waals surface area contributed by atoms with Crippen molar-refractivity contribution in [1.82, 2.24) is 14.5 Å². The summed E-state index contributed by atoms with van der Waals surface area (Å²) in [5.74, 6) is 0.104. The molecular weight excluding hydrogens is 306 g/mol. The van der Waals surface area contributed by atoms with Crippen molar-refractivity contribution in [1.29, 1.82) is 0 Å². The Morgan fingerprint density at radius 1 is 1.38 bits per heavy atom. The molecule has 24 heavy (non-hydrogen) atoms. The molecule has 128 valence electrons. The maximum Gasteiger partial charge on any atom is 0.330 e. The molecule has 0 atom stereocenters. The molecule has 6 heteroatoms. The molecular formula is C18H23N3O3. The van der Waals surface area contributed by atoms with Crippen molar-refractivity contribution in [3.8, 4) is 5.75 Å². The minimum atomic E-state index is -0.885. The Morgan fingerprint density at radius 2 is 2.12 bits per heavy atom. The number of methoxy groups -OCH3 is 1. The molecule has 0 radical (unpaired) electrons. The van der Waals surface area contributed by atoms with Gasteiger partial charge < -0.3 is 14.4 Å². The van der Waals surface area contributed by atoms with Gasteiger partial charge in [0.2, 0.25) is 0 Å². The highest BCUT2D eigenvalue weighted by molar-refractivity contribution is 5.77. The molecule has 6 nitrogen and oxygen atoms in total. The molecule has 1 aliphatic heterocycles. The Kier molecular flexibility index (Phi) is 4.57. The summed E-state index contributed by atoms with van der Waals surface area (Å²) in [5.41, 5.74) is 1.41. The normalized spacial score (nSPS) is 17.6. The van der Waals surface area contributed by atoms with Crippen LogP contribution in [-0.4, -0.2) is 45.7 Å². The van der Waals surface area contributed by atoms with Crippen LogP contribution >= 0.6 is 0 Å². The summed E-state index contributed by atoms with van der Waals surface area (Å²) in [6.45, 7) is 4.26. The van der Waals surface area contributed by atoms with Gasteiger partial charge in [-0.2, -0.15) is 0 Å². The number of carbonyl (C=O) groups is 1. The lowest BCUT2D eigenvalue weighted by Gasteiger charge is -2.39. The molecule has 0 spiro atoms. The minimum Gasteiger partial charge on any atom is -0.496 e. The van der Waals surface area contributed by atoms with E-state index < -0.39 is 11.5 Å². The van der Waals surface area contributed by atoms with E-state index in [2.05, 4.69) is 22.0 Å². The van der Waals surface area contributed by atoms with Crippen LogP contribution in [0, 0.1) is 6.92 Å². The first-order chi connectivity index (χ1) is 11.5. The molecule has 1 aromatic heterocycles. The van der Waals surface area contributed by atoms with Crippen molar-refractivity contribution < 1.29 is 14.6 Å². The van der Waals surface area contributed by atoms with Gasteiger partial charge >= 0.3 is 5.97 Å². The molecule has 2 heterocycles. The molecule has 1 N–H and O–H groups in total. The fraction of sp³-hybridized carbons (Fsp3) is 0.444. The average molecular weight is 329 g/mol. The Balaban J connectivity index is 1.72. The third kappa shape index (κ3) is 3.01. The summed E-state index contributed by atoms with van der Waals surface area (Å²) >= 11 is 0. The third-order valence-electron chi connectivity index (χ3n) is 4.92. The minimum absolute atomic E-state index is 0.562. The van der Waals surface area contributed by atoms with Crippen LogP contribution < -0.4 is 4.74 Å². The summed E-state index contributed by atoms with van der Waals surface area (Å²) in [7, 11) is 1.68. The smallest absolute Gasteiger partial charge is 0.330 e. The number of benzene rings is 1. The number of aliphatic carboxylic acids is 1. The molecule has 0 amide bonds. The second kappa shape index (κ2) is 6.65. The number of imidazole rings is 1. The van der Waals surface area contributed by atoms with Crippen LogP contribution in [0.15, 0.2) is 36.9 Å². The molecule has 1 aliphatic rings. The molecule has 0 aliphatic carbocycles. The lowest BCUT2D eigenvalue weighted by atomic mass is 9.87. The van der Waals surface area contributed by atoms with Crippen LogP contribution in [0.1, 0.15) is 24.0 Å². The summed E-state index contributed by atoms with van der Waals surface area (Å²) in [4.78, 5) is 18.2. The largest absolute Gasteiger partial charge is 0.496 e. The third-order valence-corrected chi connectivity index (χ3v) is 4.92. The number of likely N-dealkylation sites (tertiary alicyclic amines) is 1. The fourth-order valence-corrected chi connectivity index (χ4v) is 3.40. The summed E-state index contributed by atoms with van der Waals surface area (Å²) in [5, 5.41) is 9.76. The van der Waals surface area contributed by atoms with E-state index in [1.165, 1.54) is 5.56 Å². The van der Waals surface area contributed by atoms with Crippen molar-refractivity contribution in [2.75, 3.05) is 20.2 Å². The van der Waals surface area contributed by atoms with Crippen molar-refractivity contribution in [2.24, 2.45) is 0 Å². The average Bonchev–Trinajstić information content (AvgIpc) is 3.12. The topological polar surface area (TPSA) is 67.6 Å². The van der Waals surface area contributed by atoms with Crippen molar-refractivity contribution in [2.45, 2.75) is 31.8 Å². The van der Waals surface area contributed by atoms with E-state index in [1.807, 2.05) is 13.0 Å². The second-order valence-electron chi connectivity index (χ2n) is 6.40. The van der Waals surface area contributed by atoms with E-state index in [0.717, 1.165) is 30.9 Å². The van der Waals surface area contributed by atoms with Crippen molar-refractivity contribution >= 4 is 5.97 Å². The molecule has 0 bridgehead atoms. The second-order valence-corrected chi connectivity index (χ2v) is 6.40. The molecule has 2 aromatic rings. The van der Waals surface area contributed by atoms with E-state index in [9.17, 15) is 9.90 Å². The van der Waals surface area contributed by atoms with Crippen LogP contribution in [0.2, 0.25) is 0 Å². The molecule has 1 saturated heterocycles. The van der Waals surface area contributed by atoms with Gasteiger partial charge in [0.1, 0.15) is 11.3 Å². The van der Waals surface area contributed by atoms with Gasteiger partial charge in [-0.25, -0.2) is 9.78 Å².